The predicted octanol–water partition coefficient (Wildman–Crippen LogP) is 1.13. The SMILES string of the molecule is COCc1ccc(CC(=O)Nc2nc[nH]n2)cc1. The molecule has 0 aliphatic carbocycles. The molecule has 6 heteroatoms. The molecule has 0 radical (unpaired) electrons. The normalized spacial score (nSPS) is 10.3. The van der Waals surface area contributed by atoms with Crippen LogP contribution in [-0.4, -0.2) is 28.2 Å². The Morgan fingerprint density at radius 1 is 1.33 bits per heavy atom. The molecule has 0 unspecified atom stereocenters. The highest BCUT2D eigenvalue weighted by Crippen LogP contribution is 2.07. The van der Waals surface area contributed by atoms with Crippen LogP contribution in [0.2, 0.25) is 0 Å². The van der Waals surface area contributed by atoms with Crippen molar-refractivity contribution in [1.29, 1.82) is 0 Å². The van der Waals surface area contributed by atoms with E-state index in [1.807, 2.05) is 24.3 Å². The number of amides is 1. The third-order valence-electron chi connectivity index (χ3n) is 2.36. The van der Waals surface area contributed by atoms with E-state index in [2.05, 4.69) is 20.5 Å². The summed E-state index contributed by atoms with van der Waals surface area (Å²) >= 11 is 0. The lowest BCUT2D eigenvalue weighted by Gasteiger charge is -2.03. The number of H-pyrrole nitrogens is 1. The number of nitrogens with one attached hydrogen (secondary N) is 2. The smallest absolute Gasteiger partial charge is 0.248 e. The van der Waals surface area contributed by atoms with Crippen LogP contribution >= 0.6 is 0 Å². The lowest BCUT2D eigenvalue weighted by atomic mass is 10.1. The van der Waals surface area contributed by atoms with Gasteiger partial charge in [-0.25, -0.2) is 4.98 Å². The van der Waals surface area contributed by atoms with Gasteiger partial charge in [-0.15, -0.1) is 5.10 Å². The highest BCUT2D eigenvalue weighted by molar-refractivity contribution is 5.90. The van der Waals surface area contributed by atoms with Crippen molar-refractivity contribution in [3.63, 3.8) is 0 Å². The van der Waals surface area contributed by atoms with Crippen LogP contribution in [0.1, 0.15) is 11.1 Å². The molecule has 0 saturated heterocycles. The minimum absolute atomic E-state index is 0.144. The highest BCUT2D eigenvalue weighted by Gasteiger charge is 2.06. The number of hydrogen-bond acceptors (Lipinski definition) is 4. The van der Waals surface area contributed by atoms with Gasteiger partial charge in [-0.2, -0.15) is 0 Å². The summed E-state index contributed by atoms with van der Waals surface area (Å²) in [5, 5.41) is 8.88. The first-order valence-corrected chi connectivity index (χ1v) is 5.50. The van der Waals surface area contributed by atoms with E-state index in [4.69, 9.17) is 4.74 Å². The Kier molecular flexibility index (Phi) is 4.03. The summed E-state index contributed by atoms with van der Waals surface area (Å²) in [5.41, 5.74) is 2.01. The van der Waals surface area contributed by atoms with Crippen molar-refractivity contribution in [2.75, 3.05) is 12.4 Å². The maximum atomic E-state index is 11.7. The van der Waals surface area contributed by atoms with Crippen LogP contribution in [0.3, 0.4) is 0 Å². The largest absolute Gasteiger partial charge is 0.380 e. The lowest BCUT2D eigenvalue weighted by molar-refractivity contribution is -0.115. The number of aromatic amines is 1. The van der Waals surface area contributed by atoms with Crippen LogP contribution in [0.5, 0.6) is 0 Å². The fourth-order valence-electron chi connectivity index (χ4n) is 1.54. The molecule has 6 nitrogen and oxygen atoms in total. The fourth-order valence-corrected chi connectivity index (χ4v) is 1.54. The predicted molar refractivity (Wildman–Crippen MR) is 65.9 cm³/mol. The average molecular weight is 246 g/mol. The van der Waals surface area contributed by atoms with E-state index in [-0.39, 0.29) is 11.9 Å². The number of aromatic nitrogens is 3. The molecule has 0 saturated carbocycles. The molecule has 0 fully saturated rings. The van der Waals surface area contributed by atoms with Crippen LogP contribution < -0.4 is 5.32 Å². The van der Waals surface area contributed by atoms with Gasteiger partial charge in [0.1, 0.15) is 6.33 Å². The van der Waals surface area contributed by atoms with Crippen molar-refractivity contribution in [1.82, 2.24) is 15.2 Å². The van der Waals surface area contributed by atoms with Crippen molar-refractivity contribution >= 4 is 11.9 Å². The van der Waals surface area contributed by atoms with Crippen LogP contribution in [0.25, 0.3) is 0 Å². The molecule has 2 rings (SSSR count). The van der Waals surface area contributed by atoms with Crippen molar-refractivity contribution in [3.8, 4) is 0 Å². The van der Waals surface area contributed by atoms with Gasteiger partial charge in [0, 0.05) is 7.11 Å². The summed E-state index contributed by atoms with van der Waals surface area (Å²) in [6.07, 6.45) is 1.71. The number of carbonyl (C=O) groups is 1. The molecule has 1 aromatic heterocycles. The first-order valence-electron chi connectivity index (χ1n) is 5.50. The molecular formula is C12H14N4O2. The number of benzene rings is 1. The molecule has 1 amide bonds. The average Bonchev–Trinajstić information content (AvgIpc) is 2.84. The number of nitrogens with zero attached hydrogens (tertiary/aromatic N) is 2. The molecule has 2 N–H and O–H groups in total. The van der Waals surface area contributed by atoms with Crippen LogP contribution in [0.4, 0.5) is 5.95 Å². The molecule has 0 aliphatic heterocycles. The monoisotopic (exact) mass is 246 g/mol. The van der Waals surface area contributed by atoms with E-state index >= 15 is 0 Å². The molecule has 0 bridgehead atoms. The summed E-state index contributed by atoms with van der Waals surface area (Å²) < 4.78 is 5.02. The van der Waals surface area contributed by atoms with Crippen molar-refractivity contribution in [3.05, 3.63) is 41.7 Å². The quantitative estimate of drug-likeness (QED) is 0.828. The molecule has 0 spiro atoms. The minimum atomic E-state index is -0.144. The van der Waals surface area contributed by atoms with Gasteiger partial charge in [0.2, 0.25) is 11.9 Å². The Balaban J connectivity index is 1.90. The number of hydrogen-bond donors (Lipinski definition) is 2. The van der Waals surface area contributed by atoms with Crippen molar-refractivity contribution < 1.29 is 9.53 Å². The number of rotatable bonds is 5. The molecule has 1 aromatic carbocycles. The van der Waals surface area contributed by atoms with E-state index in [1.54, 1.807) is 7.11 Å². The highest BCUT2D eigenvalue weighted by atomic mass is 16.5. The second-order valence-corrected chi connectivity index (χ2v) is 3.80. The van der Waals surface area contributed by atoms with E-state index in [0.29, 0.717) is 13.0 Å². The Bertz CT molecular complexity index is 493. The summed E-state index contributed by atoms with van der Waals surface area (Å²) in [5.74, 6) is 0.144. The summed E-state index contributed by atoms with van der Waals surface area (Å²) in [4.78, 5) is 15.5. The summed E-state index contributed by atoms with van der Waals surface area (Å²) in [6.45, 7) is 0.573. The third-order valence-corrected chi connectivity index (χ3v) is 2.36. The maximum Gasteiger partial charge on any atom is 0.248 e. The molecule has 1 heterocycles. The molecule has 0 atom stereocenters. The van der Waals surface area contributed by atoms with Gasteiger partial charge in [0.15, 0.2) is 0 Å². The Labute approximate surface area is 104 Å². The Morgan fingerprint density at radius 3 is 2.67 bits per heavy atom. The minimum Gasteiger partial charge on any atom is -0.380 e. The second-order valence-electron chi connectivity index (χ2n) is 3.80. The van der Waals surface area contributed by atoms with Gasteiger partial charge in [-0.05, 0) is 11.1 Å². The molecule has 18 heavy (non-hydrogen) atoms. The van der Waals surface area contributed by atoms with Crippen LogP contribution in [0.15, 0.2) is 30.6 Å². The van der Waals surface area contributed by atoms with Gasteiger partial charge in [0.05, 0.1) is 13.0 Å². The first kappa shape index (κ1) is 12.3. The van der Waals surface area contributed by atoms with Crippen molar-refractivity contribution in [2.45, 2.75) is 13.0 Å². The zero-order valence-corrected chi connectivity index (χ0v) is 10.0. The van der Waals surface area contributed by atoms with E-state index in [9.17, 15) is 4.79 Å². The fraction of sp³-hybridized carbons (Fsp3) is 0.250. The zero-order chi connectivity index (χ0) is 12.8. The van der Waals surface area contributed by atoms with E-state index in [1.165, 1.54) is 6.33 Å². The van der Waals surface area contributed by atoms with Gasteiger partial charge in [-0.3, -0.25) is 15.2 Å². The maximum absolute atomic E-state index is 11.7. The molecule has 0 aliphatic rings. The van der Waals surface area contributed by atoms with Crippen molar-refractivity contribution in [2.24, 2.45) is 0 Å². The molecule has 2 aromatic rings. The Hall–Kier alpha value is -2.21. The number of methoxy groups -OCH3 is 1. The number of ether oxygens (including phenoxy) is 1. The molecular weight excluding hydrogens is 232 g/mol. The van der Waals surface area contributed by atoms with E-state index < -0.39 is 0 Å². The van der Waals surface area contributed by atoms with Crippen LogP contribution in [-0.2, 0) is 22.6 Å². The summed E-state index contributed by atoms with van der Waals surface area (Å²) in [6, 6.07) is 7.70. The Morgan fingerprint density at radius 2 is 2.06 bits per heavy atom. The first-order chi connectivity index (χ1) is 8.78. The van der Waals surface area contributed by atoms with Crippen LogP contribution in [0, 0.1) is 0 Å². The lowest BCUT2D eigenvalue weighted by Crippen LogP contribution is -2.15. The molecule has 94 valence electrons. The zero-order valence-electron chi connectivity index (χ0n) is 10.0. The number of carbonyl (C=O) groups excluding carboxylic acids is 1. The van der Waals surface area contributed by atoms with Gasteiger partial charge >= 0.3 is 0 Å². The van der Waals surface area contributed by atoms with E-state index in [0.717, 1.165) is 11.1 Å². The number of anilines is 1. The van der Waals surface area contributed by atoms with Gasteiger partial charge < -0.3 is 4.74 Å². The second kappa shape index (κ2) is 5.92. The standard InChI is InChI=1S/C12H14N4O2/c1-18-7-10-4-2-9(3-5-10)6-11(17)15-12-13-8-14-16-12/h2-5,8H,6-7H2,1H3,(H2,13,14,15,16,17). The third kappa shape index (κ3) is 3.39. The van der Waals surface area contributed by atoms with Gasteiger partial charge in [0.25, 0.3) is 0 Å². The summed E-state index contributed by atoms with van der Waals surface area (Å²) in [7, 11) is 1.65. The van der Waals surface area contributed by atoms with Gasteiger partial charge in [-0.1, -0.05) is 24.3 Å². The topological polar surface area (TPSA) is 79.9 Å².